The molecule has 0 spiro atoms. The number of benzene rings is 2. The number of thiazole rings is 1. The standard InChI is InChI=1S/C25H32N4O2S2/c1-4-29-13-11-19(12-14-29)18-5-7-20(8-6-18)23-16-32-25(28-23)27-22-15-21(33(26)30)9-10-24(22)31-17(2)3/h5-10,15-17,19H,4,11-14,26H2,1-3H3,(H,27,28). The number of likely N-dealkylation sites (tertiary alicyclic amines) is 1. The van der Waals surface area contributed by atoms with Crippen molar-refractivity contribution in [1.29, 1.82) is 0 Å². The van der Waals surface area contributed by atoms with Crippen LogP contribution in [0, 0.1) is 0 Å². The average molecular weight is 485 g/mol. The molecule has 1 aliphatic rings. The van der Waals surface area contributed by atoms with Gasteiger partial charge in [-0.3, -0.25) is 0 Å². The maximum Gasteiger partial charge on any atom is 0.187 e. The molecule has 0 bridgehead atoms. The van der Waals surface area contributed by atoms with E-state index in [2.05, 4.69) is 41.4 Å². The van der Waals surface area contributed by atoms with E-state index in [1.54, 1.807) is 18.2 Å². The summed E-state index contributed by atoms with van der Waals surface area (Å²) in [7, 11) is -1.57. The van der Waals surface area contributed by atoms with E-state index in [0.717, 1.165) is 22.9 Å². The molecule has 0 radical (unpaired) electrons. The number of nitrogens with zero attached hydrogens (tertiary/aromatic N) is 2. The molecule has 0 aliphatic carbocycles. The number of rotatable bonds is 8. The molecule has 6 nitrogen and oxygen atoms in total. The van der Waals surface area contributed by atoms with Gasteiger partial charge in [0.25, 0.3) is 0 Å². The van der Waals surface area contributed by atoms with E-state index in [9.17, 15) is 4.21 Å². The smallest absolute Gasteiger partial charge is 0.187 e. The van der Waals surface area contributed by atoms with Crippen LogP contribution in [0.15, 0.2) is 52.7 Å². The number of anilines is 2. The van der Waals surface area contributed by atoms with Crippen LogP contribution in [0.2, 0.25) is 0 Å². The van der Waals surface area contributed by atoms with Crippen molar-refractivity contribution in [2.45, 2.75) is 50.5 Å². The summed E-state index contributed by atoms with van der Waals surface area (Å²) >= 11 is 1.53. The maximum absolute atomic E-state index is 11.8. The van der Waals surface area contributed by atoms with Gasteiger partial charge in [0.05, 0.1) is 22.4 Å². The molecule has 8 heteroatoms. The molecule has 33 heavy (non-hydrogen) atoms. The number of ether oxygens (including phenoxy) is 1. The minimum absolute atomic E-state index is 0.0133. The highest BCUT2D eigenvalue weighted by Crippen LogP contribution is 2.34. The van der Waals surface area contributed by atoms with Crippen LogP contribution in [-0.2, 0) is 11.0 Å². The Kier molecular flexibility index (Phi) is 7.80. The molecule has 1 unspecified atom stereocenters. The zero-order chi connectivity index (χ0) is 23.4. The van der Waals surface area contributed by atoms with Crippen molar-refractivity contribution in [3.05, 3.63) is 53.4 Å². The molecule has 3 aromatic rings. The van der Waals surface area contributed by atoms with Gasteiger partial charge in [-0.1, -0.05) is 31.2 Å². The van der Waals surface area contributed by atoms with E-state index >= 15 is 0 Å². The van der Waals surface area contributed by atoms with Crippen LogP contribution in [0.1, 0.15) is 45.1 Å². The normalized spacial score (nSPS) is 16.2. The van der Waals surface area contributed by atoms with Crippen LogP contribution < -0.4 is 15.2 Å². The van der Waals surface area contributed by atoms with Gasteiger partial charge in [-0.2, -0.15) is 0 Å². The summed E-state index contributed by atoms with van der Waals surface area (Å²) in [5, 5.41) is 11.7. The molecule has 1 atom stereocenters. The van der Waals surface area contributed by atoms with Crippen LogP contribution in [0.25, 0.3) is 11.3 Å². The topological polar surface area (TPSA) is 80.5 Å². The molecule has 4 rings (SSSR count). The summed E-state index contributed by atoms with van der Waals surface area (Å²) in [6.07, 6.45) is 2.47. The van der Waals surface area contributed by atoms with Crippen LogP contribution in [-0.4, -0.2) is 39.8 Å². The van der Waals surface area contributed by atoms with Gasteiger partial charge < -0.3 is 15.0 Å². The Morgan fingerprint density at radius 3 is 2.58 bits per heavy atom. The Morgan fingerprint density at radius 1 is 1.21 bits per heavy atom. The minimum Gasteiger partial charge on any atom is -0.489 e. The van der Waals surface area contributed by atoms with Crippen molar-refractivity contribution >= 4 is 33.1 Å². The highest BCUT2D eigenvalue weighted by molar-refractivity contribution is 7.82. The minimum atomic E-state index is -1.57. The molecule has 3 N–H and O–H groups in total. The van der Waals surface area contributed by atoms with Crippen LogP contribution in [0.4, 0.5) is 10.8 Å². The fourth-order valence-electron chi connectivity index (χ4n) is 4.18. The Labute approximate surface area is 202 Å². The fourth-order valence-corrected chi connectivity index (χ4v) is 5.34. The molecule has 0 amide bonds. The average Bonchev–Trinajstić information content (AvgIpc) is 3.28. The van der Waals surface area contributed by atoms with E-state index in [0.29, 0.717) is 22.3 Å². The van der Waals surface area contributed by atoms with Crippen molar-refractivity contribution in [2.24, 2.45) is 5.14 Å². The lowest BCUT2D eigenvalue weighted by atomic mass is 9.89. The molecule has 1 aromatic heterocycles. The summed E-state index contributed by atoms with van der Waals surface area (Å²) in [6.45, 7) is 9.69. The number of nitrogens with one attached hydrogen (secondary N) is 1. The number of piperidine rings is 1. The van der Waals surface area contributed by atoms with Crippen molar-refractivity contribution in [1.82, 2.24) is 9.88 Å². The van der Waals surface area contributed by atoms with E-state index in [1.807, 2.05) is 19.2 Å². The molecule has 176 valence electrons. The lowest BCUT2D eigenvalue weighted by Crippen LogP contribution is -2.32. The van der Waals surface area contributed by atoms with Crippen molar-refractivity contribution in [3.8, 4) is 17.0 Å². The van der Waals surface area contributed by atoms with Gasteiger partial charge >= 0.3 is 0 Å². The predicted molar refractivity (Wildman–Crippen MR) is 138 cm³/mol. The van der Waals surface area contributed by atoms with E-state index in [1.165, 1.54) is 42.8 Å². The van der Waals surface area contributed by atoms with Gasteiger partial charge in [0, 0.05) is 10.9 Å². The summed E-state index contributed by atoms with van der Waals surface area (Å²) in [6, 6.07) is 14.1. The molecule has 2 heterocycles. The van der Waals surface area contributed by atoms with E-state index < -0.39 is 11.0 Å². The molecule has 1 saturated heterocycles. The van der Waals surface area contributed by atoms with Gasteiger partial charge in [-0.25, -0.2) is 14.3 Å². The van der Waals surface area contributed by atoms with Crippen molar-refractivity contribution in [3.63, 3.8) is 0 Å². The molecular formula is C25H32N4O2S2. The third kappa shape index (κ3) is 6.00. The third-order valence-electron chi connectivity index (χ3n) is 6.00. The lowest BCUT2D eigenvalue weighted by molar-refractivity contribution is 0.222. The largest absolute Gasteiger partial charge is 0.489 e. The molecule has 0 saturated carbocycles. The van der Waals surface area contributed by atoms with Crippen LogP contribution in [0.5, 0.6) is 5.75 Å². The predicted octanol–water partition coefficient (Wildman–Crippen LogP) is 5.52. The molecular weight excluding hydrogens is 452 g/mol. The highest BCUT2D eigenvalue weighted by Gasteiger charge is 2.19. The first-order valence-electron chi connectivity index (χ1n) is 11.4. The Morgan fingerprint density at radius 2 is 1.94 bits per heavy atom. The van der Waals surface area contributed by atoms with E-state index in [-0.39, 0.29) is 6.10 Å². The molecule has 2 aromatic carbocycles. The summed E-state index contributed by atoms with van der Waals surface area (Å²) in [5.41, 5.74) is 4.16. The number of hydrogen-bond donors (Lipinski definition) is 2. The van der Waals surface area contributed by atoms with Gasteiger partial charge in [-0.05, 0) is 76.0 Å². The summed E-state index contributed by atoms with van der Waals surface area (Å²) < 4.78 is 17.7. The van der Waals surface area contributed by atoms with Gasteiger partial charge in [0.1, 0.15) is 16.7 Å². The second kappa shape index (κ2) is 10.8. The fraction of sp³-hybridized carbons (Fsp3) is 0.400. The highest BCUT2D eigenvalue weighted by atomic mass is 32.2. The van der Waals surface area contributed by atoms with E-state index in [4.69, 9.17) is 14.9 Å². The first kappa shape index (κ1) is 23.9. The third-order valence-corrected chi connectivity index (χ3v) is 7.48. The van der Waals surface area contributed by atoms with Gasteiger partial charge in [0.2, 0.25) is 0 Å². The summed E-state index contributed by atoms with van der Waals surface area (Å²) in [4.78, 5) is 7.83. The van der Waals surface area contributed by atoms with Crippen LogP contribution in [0.3, 0.4) is 0 Å². The second-order valence-electron chi connectivity index (χ2n) is 8.62. The second-order valence-corrected chi connectivity index (χ2v) is 10.5. The number of nitrogens with two attached hydrogens (primary N) is 1. The number of hydrogen-bond acceptors (Lipinski definition) is 6. The SMILES string of the molecule is CCN1CCC(c2ccc(-c3csc(Nc4cc(S(N)=O)ccc4OC(C)C)n3)cc2)CC1. The van der Waals surface area contributed by atoms with Crippen molar-refractivity contribution < 1.29 is 8.95 Å². The Balaban J connectivity index is 1.48. The van der Waals surface area contributed by atoms with Crippen molar-refractivity contribution in [2.75, 3.05) is 25.0 Å². The zero-order valence-electron chi connectivity index (χ0n) is 19.4. The first-order valence-corrected chi connectivity index (χ1v) is 13.5. The zero-order valence-corrected chi connectivity index (χ0v) is 21.0. The maximum atomic E-state index is 11.8. The summed E-state index contributed by atoms with van der Waals surface area (Å²) in [5.74, 6) is 1.32. The number of aromatic nitrogens is 1. The quantitative estimate of drug-likeness (QED) is 0.440. The van der Waals surface area contributed by atoms with Gasteiger partial charge in [0.15, 0.2) is 5.13 Å². The molecule has 1 fully saturated rings. The van der Waals surface area contributed by atoms with Gasteiger partial charge in [-0.15, -0.1) is 11.3 Å². The lowest BCUT2D eigenvalue weighted by Gasteiger charge is -2.31. The first-order chi connectivity index (χ1) is 15.9. The monoisotopic (exact) mass is 484 g/mol. The van der Waals surface area contributed by atoms with Crippen LogP contribution >= 0.6 is 11.3 Å². The Hall–Kier alpha value is -2.26. The molecule has 1 aliphatic heterocycles. The Bertz CT molecular complexity index is 1090.